The summed E-state index contributed by atoms with van der Waals surface area (Å²) in [5.41, 5.74) is 0.0668. The number of aliphatic hydroxyl groups excluding tert-OH is 1. The van der Waals surface area contributed by atoms with Gasteiger partial charge >= 0.3 is 5.97 Å². The van der Waals surface area contributed by atoms with Gasteiger partial charge in [-0.1, -0.05) is 6.92 Å². The van der Waals surface area contributed by atoms with Gasteiger partial charge in [-0.3, -0.25) is 10.1 Å². The average Bonchev–Trinajstić information content (AvgIpc) is 2.78. The van der Waals surface area contributed by atoms with Gasteiger partial charge in [-0.25, -0.2) is 4.79 Å². The van der Waals surface area contributed by atoms with Crippen LogP contribution in [0.4, 0.5) is 11.4 Å². The molecule has 1 aliphatic heterocycles. The number of hydrogen-bond donors (Lipinski definition) is 2. The molecule has 7 nitrogen and oxygen atoms in total. The van der Waals surface area contributed by atoms with Crippen LogP contribution in [0.2, 0.25) is 0 Å². The number of nitro benzene ring substituents is 1. The lowest BCUT2D eigenvalue weighted by Crippen LogP contribution is -2.36. The second-order valence-electron chi connectivity index (χ2n) is 4.97. The summed E-state index contributed by atoms with van der Waals surface area (Å²) in [6.45, 7) is 2.55. The van der Waals surface area contributed by atoms with Crippen molar-refractivity contribution < 1.29 is 19.9 Å². The number of carboxylic acid groups (broad SMARTS) is 1. The number of carboxylic acids is 1. The molecule has 1 aromatic carbocycles. The fourth-order valence-corrected chi connectivity index (χ4v) is 2.65. The van der Waals surface area contributed by atoms with E-state index >= 15 is 0 Å². The lowest BCUT2D eigenvalue weighted by molar-refractivity contribution is -0.384. The van der Waals surface area contributed by atoms with E-state index in [1.807, 2.05) is 11.8 Å². The van der Waals surface area contributed by atoms with E-state index in [0.29, 0.717) is 12.2 Å². The van der Waals surface area contributed by atoms with Crippen LogP contribution in [0.3, 0.4) is 0 Å². The Bertz CT molecular complexity index is 546. The van der Waals surface area contributed by atoms with Crippen molar-refractivity contribution in [3.8, 4) is 0 Å². The van der Waals surface area contributed by atoms with Gasteiger partial charge in [-0.2, -0.15) is 0 Å². The summed E-state index contributed by atoms with van der Waals surface area (Å²) in [7, 11) is 0. The molecule has 0 amide bonds. The number of rotatable bonds is 4. The molecule has 2 N–H and O–H groups in total. The van der Waals surface area contributed by atoms with Gasteiger partial charge in [0.25, 0.3) is 5.69 Å². The largest absolute Gasteiger partial charge is 0.478 e. The van der Waals surface area contributed by atoms with Gasteiger partial charge in [0.05, 0.1) is 28.8 Å². The number of nitrogens with zero attached hydrogens (tertiary/aromatic N) is 2. The van der Waals surface area contributed by atoms with Crippen molar-refractivity contribution in [3.63, 3.8) is 0 Å². The number of nitro groups is 1. The summed E-state index contributed by atoms with van der Waals surface area (Å²) < 4.78 is 0. The summed E-state index contributed by atoms with van der Waals surface area (Å²) in [6, 6.07) is 3.64. The zero-order valence-electron chi connectivity index (χ0n) is 11.0. The molecule has 0 aliphatic carbocycles. The number of anilines is 1. The highest BCUT2D eigenvalue weighted by molar-refractivity contribution is 5.95. The molecule has 1 fully saturated rings. The summed E-state index contributed by atoms with van der Waals surface area (Å²) in [5.74, 6) is -0.961. The van der Waals surface area contributed by atoms with Crippen LogP contribution in [0.1, 0.15) is 23.7 Å². The molecule has 1 aliphatic rings. The van der Waals surface area contributed by atoms with E-state index in [0.717, 1.165) is 12.5 Å². The van der Waals surface area contributed by atoms with E-state index in [4.69, 9.17) is 0 Å². The minimum absolute atomic E-state index is 0.0722. The maximum absolute atomic E-state index is 11.3. The molecule has 0 radical (unpaired) electrons. The number of carbonyl (C=O) groups is 1. The third-order valence-electron chi connectivity index (χ3n) is 3.80. The lowest BCUT2D eigenvalue weighted by Gasteiger charge is -2.28. The van der Waals surface area contributed by atoms with E-state index in [1.165, 1.54) is 12.1 Å². The van der Waals surface area contributed by atoms with Crippen LogP contribution in [0.15, 0.2) is 18.2 Å². The molecule has 108 valence electrons. The van der Waals surface area contributed by atoms with Crippen LogP contribution in [-0.4, -0.2) is 40.3 Å². The number of hydrogen-bond acceptors (Lipinski definition) is 5. The Kier molecular flexibility index (Phi) is 3.89. The van der Waals surface area contributed by atoms with Gasteiger partial charge in [0.15, 0.2) is 0 Å². The highest BCUT2D eigenvalue weighted by Gasteiger charge is 2.33. The third kappa shape index (κ3) is 2.44. The predicted molar refractivity (Wildman–Crippen MR) is 72.1 cm³/mol. The first-order valence-electron chi connectivity index (χ1n) is 6.35. The van der Waals surface area contributed by atoms with Crippen molar-refractivity contribution in [2.45, 2.75) is 19.4 Å². The number of aliphatic hydroxyl groups is 1. The smallest absolute Gasteiger partial charge is 0.338 e. The standard InChI is InChI=1S/C13H16N2O5/c1-8-4-5-14(12(8)7-16)11-3-2-9(15(19)20)6-10(11)13(17)18/h2-3,6,8,12,16H,4-5,7H2,1H3,(H,17,18). The van der Waals surface area contributed by atoms with Crippen molar-refractivity contribution in [1.82, 2.24) is 0 Å². The van der Waals surface area contributed by atoms with Crippen molar-refractivity contribution in [3.05, 3.63) is 33.9 Å². The zero-order valence-corrected chi connectivity index (χ0v) is 11.0. The Balaban J connectivity index is 2.46. The Hall–Kier alpha value is -2.15. The molecule has 1 aromatic rings. The van der Waals surface area contributed by atoms with E-state index < -0.39 is 10.9 Å². The molecule has 2 atom stereocenters. The lowest BCUT2D eigenvalue weighted by atomic mass is 10.0. The van der Waals surface area contributed by atoms with E-state index in [-0.39, 0.29) is 29.8 Å². The molecule has 1 heterocycles. The van der Waals surface area contributed by atoms with Crippen LogP contribution < -0.4 is 4.90 Å². The molecule has 0 aromatic heterocycles. The molecule has 0 bridgehead atoms. The Morgan fingerprint density at radius 1 is 1.55 bits per heavy atom. The summed E-state index contributed by atoms with van der Waals surface area (Å²) in [6.07, 6.45) is 0.848. The number of aromatic carboxylic acids is 1. The molecule has 0 saturated carbocycles. The van der Waals surface area contributed by atoms with Crippen LogP contribution >= 0.6 is 0 Å². The maximum Gasteiger partial charge on any atom is 0.338 e. The van der Waals surface area contributed by atoms with Crippen molar-refractivity contribution in [1.29, 1.82) is 0 Å². The third-order valence-corrected chi connectivity index (χ3v) is 3.80. The van der Waals surface area contributed by atoms with Crippen molar-refractivity contribution >= 4 is 17.3 Å². The Morgan fingerprint density at radius 3 is 2.80 bits per heavy atom. The van der Waals surface area contributed by atoms with Crippen LogP contribution in [-0.2, 0) is 0 Å². The van der Waals surface area contributed by atoms with Crippen molar-refractivity contribution in [2.75, 3.05) is 18.1 Å². The number of non-ortho nitro benzene ring substituents is 1. The van der Waals surface area contributed by atoms with Gasteiger partial charge in [0.1, 0.15) is 0 Å². The highest BCUT2D eigenvalue weighted by Crippen LogP contribution is 2.33. The molecule has 2 unspecified atom stereocenters. The molecule has 0 spiro atoms. The normalized spacial score (nSPS) is 22.0. The zero-order chi connectivity index (χ0) is 14.9. The molecular weight excluding hydrogens is 264 g/mol. The molecule has 1 saturated heterocycles. The van der Waals surface area contributed by atoms with Crippen LogP contribution in [0.25, 0.3) is 0 Å². The molecule has 7 heteroatoms. The maximum atomic E-state index is 11.3. The van der Waals surface area contributed by atoms with Crippen molar-refractivity contribution in [2.24, 2.45) is 5.92 Å². The predicted octanol–water partition coefficient (Wildman–Crippen LogP) is 1.50. The highest BCUT2D eigenvalue weighted by atomic mass is 16.6. The summed E-state index contributed by atoms with van der Waals surface area (Å²) in [5, 5.41) is 29.4. The fraction of sp³-hybridized carbons (Fsp3) is 0.462. The Morgan fingerprint density at radius 2 is 2.25 bits per heavy atom. The topological polar surface area (TPSA) is 104 Å². The van der Waals surface area contributed by atoms with Gasteiger partial charge in [0, 0.05) is 18.7 Å². The van der Waals surface area contributed by atoms with Crippen LogP contribution in [0.5, 0.6) is 0 Å². The first-order valence-corrected chi connectivity index (χ1v) is 6.35. The molecule has 20 heavy (non-hydrogen) atoms. The fourth-order valence-electron chi connectivity index (χ4n) is 2.65. The van der Waals surface area contributed by atoms with Crippen LogP contribution in [0, 0.1) is 16.0 Å². The van der Waals surface area contributed by atoms with E-state index in [2.05, 4.69) is 0 Å². The van der Waals surface area contributed by atoms with Gasteiger partial charge < -0.3 is 15.1 Å². The van der Waals surface area contributed by atoms with E-state index in [9.17, 15) is 25.1 Å². The minimum atomic E-state index is -1.21. The van der Waals surface area contributed by atoms with Gasteiger partial charge in [0.2, 0.25) is 0 Å². The van der Waals surface area contributed by atoms with Gasteiger partial charge in [-0.15, -0.1) is 0 Å². The monoisotopic (exact) mass is 280 g/mol. The summed E-state index contributed by atoms with van der Waals surface area (Å²) >= 11 is 0. The summed E-state index contributed by atoms with van der Waals surface area (Å²) in [4.78, 5) is 23.3. The average molecular weight is 280 g/mol. The van der Waals surface area contributed by atoms with E-state index in [1.54, 1.807) is 0 Å². The first-order chi connectivity index (χ1) is 9.45. The quantitative estimate of drug-likeness (QED) is 0.639. The first kappa shape index (κ1) is 14.3. The second-order valence-corrected chi connectivity index (χ2v) is 4.97. The SMILES string of the molecule is CC1CCN(c2ccc([N+](=O)[O-])cc2C(=O)O)C1CO. The molecular formula is C13H16N2O5. The minimum Gasteiger partial charge on any atom is -0.478 e. The number of benzene rings is 1. The van der Waals surface area contributed by atoms with Gasteiger partial charge in [-0.05, 0) is 18.4 Å². The Labute approximate surface area is 115 Å². The second kappa shape index (κ2) is 5.46. The molecule has 2 rings (SSSR count).